The van der Waals surface area contributed by atoms with Crippen molar-refractivity contribution in [3.8, 4) is 0 Å². The molecule has 0 heterocycles. The van der Waals surface area contributed by atoms with Crippen LogP contribution in [-0.2, 0) is 9.63 Å². The van der Waals surface area contributed by atoms with E-state index in [9.17, 15) is 9.59 Å². The molecule has 0 aliphatic heterocycles. The zero-order chi connectivity index (χ0) is 12.1. The fourth-order valence-electron chi connectivity index (χ4n) is 0.869. The van der Waals surface area contributed by atoms with Crippen molar-refractivity contribution in [1.82, 2.24) is 5.48 Å². The summed E-state index contributed by atoms with van der Waals surface area (Å²) in [5.41, 5.74) is 7.11. The number of nitrogens with one attached hydrogen (secondary N) is 1. The zero-order valence-corrected chi connectivity index (χ0v) is 9.51. The Morgan fingerprint density at radius 3 is 2.56 bits per heavy atom. The number of benzene rings is 1. The first-order valence-electron chi connectivity index (χ1n) is 4.16. The maximum absolute atomic E-state index is 11.4. The highest BCUT2D eigenvalue weighted by Crippen LogP contribution is 2.22. The monoisotopic (exact) mass is 262 g/mol. The van der Waals surface area contributed by atoms with E-state index in [2.05, 4.69) is 4.84 Å². The third kappa shape index (κ3) is 3.69. The number of hydroxylamine groups is 1. The number of amides is 2. The second-order valence-corrected chi connectivity index (χ2v) is 3.63. The van der Waals surface area contributed by atoms with E-state index in [0.717, 1.165) is 0 Å². The second-order valence-electron chi connectivity index (χ2n) is 2.82. The molecule has 86 valence electrons. The molecule has 7 heteroatoms. The van der Waals surface area contributed by atoms with Crippen LogP contribution in [0, 0.1) is 0 Å². The predicted molar refractivity (Wildman–Crippen MR) is 59.1 cm³/mol. The Bertz CT molecular complexity index is 423. The van der Waals surface area contributed by atoms with E-state index < -0.39 is 18.4 Å². The van der Waals surface area contributed by atoms with Crippen molar-refractivity contribution in [2.75, 3.05) is 6.61 Å². The highest BCUT2D eigenvalue weighted by Gasteiger charge is 2.08. The molecular formula is C9H8Cl2N2O3. The normalized spacial score (nSPS) is 9.88. The fourth-order valence-corrected chi connectivity index (χ4v) is 1.17. The van der Waals surface area contributed by atoms with Crippen molar-refractivity contribution < 1.29 is 14.4 Å². The van der Waals surface area contributed by atoms with Gasteiger partial charge in [-0.3, -0.25) is 14.4 Å². The number of nitrogens with two attached hydrogens (primary N) is 1. The van der Waals surface area contributed by atoms with Crippen molar-refractivity contribution in [2.24, 2.45) is 5.73 Å². The molecule has 0 atom stereocenters. The third-order valence-electron chi connectivity index (χ3n) is 1.56. The van der Waals surface area contributed by atoms with Gasteiger partial charge in [-0.05, 0) is 18.2 Å². The van der Waals surface area contributed by atoms with E-state index in [1.807, 2.05) is 5.48 Å². The summed E-state index contributed by atoms with van der Waals surface area (Å²) >= 11 is 11.4. The summed E-state index contributed by atoms with van der Waals surface area (Å²) in [7, 11) is 0. The average molecular weight is 263 g/mol. The molecule has 0 bridgehead atoms. The number of carbonyl (C=O) groups excluding carboxylic acids is 2. The molecule has 1 aromatic carbocycles. The lowest BCUT2D eigenvalue weighted by atomic mass is 10.2. The van der Waals surface area contributed by atoms with Gasteiger partial charge in [-0.1, -0.05) is 23.2 Å². The van der Waals surface area contributed by atoms with Crippen molar-refractivity contribution in [3.05, 3.63) is 33.8 Å². The standard InChI is InChI=1S/C9H8Cl2N2O3/c10-6-2-1-5(3-7(6)11)9(15)13-16-4-8(12)14/h1-3H,4H2,(H2,12,14)(H,13,15). The molecule has 0 radical (unpaired) electrons. The predicted octanol–water partition coefficient (Wildman–Crippen LogP) is 1.14. The Hall–Kier alpha value is -1.30. The number of rotatable bonds is 4. The van der Waals surface area contributed by atoms with Crippen LogP contribution in [0.3, 0.4) is 0 Å². The highest BCUT2D eigenvalue weighted by atomic mass is 35.5. The molecule has 0 spiro atoms. The Kier molecular flexibility index (Phi) is 4.54. The molecule has 3 N–H and O–H groups in total. The molecule has 2 amide bonds. The summed E-state index contributed by atoms with van der Waals surface area (Å²) in [5, 5.41) is 0.598. The first-order valence-corrected chi connectivity index (χ1v) is 4.92. The third-order valence-corrected chi connectivity index (χ3v) is 2.30. The molecule has 0 fully saturated rings. The molecule has 1 rings (SSSR count). The highest BCUT2D eigenvalue weighted by molar-refractivity contribution is 6.42. The van der Waals surface area contributed by atoms with Crippen molar-refractivity contribution >= 4 is 35.0 Å². The van der Waals surface area contributed by atoms with Gasteiger partial charge in [0.05, 0.1) is 10.0 Å². The van der Waals surface area contributed by atoms with E-state index in [1.54, 1.807) is 0 Å². The van der Waals surface area contributed by atoms with Crippen LogP contribution >= 0.6 is 23.2 Å². The van der Waals surface area contributed by atoms with Crippen LogP contribution in [0.25, 0.3) is 0 Å². The zero-order valence-electron chi connectivity index (χ0n) is 8.00. The molecular weight excluding hydrogens is 255 g/mol. The van der Waals surface area contributed by atoms with Gasteiger partial charge in [0.25, 0.3) is 5.91 Å². The Balaban J connectivity index is 2.59. The van der Waals surface area contributed by atoms with Gasteiger partial charge < -0.3 is 5.73 Å². The van der Waals surface area contributed by atoms with Gasteiger partial charge in [0.2, 0.25) is 5.91 Å². The van der Waals surface area contributed by atoms with E-state index in [1.165, 1.54) is 18.2 Å². The van der Waals surface area contributed by atoms with Gasteiger partial charge in [0.15, 0.2) is 6.61 Å². The Labute approximate surface area is 101 Å². The summed E-state index contributed by atoms with van der Waals surface area (Å²) in [6, 6.07) is 4.33. The second kappa shape index (κ2) is 5.69. The van der Waals surface area contributed by atoms with Gasteiger partial charge in [0, 0.05) is 5.56 Å². The number of hydrogen-bond donors (Lipinski definition) is 2. The van der Waals surface area contributed by atoms with E-state index in [4.69, 9.17) is 28.9 Å². The SMILES string of the molecule is NC(=O)CONC(=O)c1ccc(Cl)c(Cl)c1. The largest absolute Gasteiger partial charge is 0.368 e. The van der Waals surface area contributed by atoms with Gasteiger partial charge in [-0.15, -0.1) is 0 Å². The van der Waals surface area contributed by atoms with E-state index >= 15 is 0 Å². The molecule has 16 heavy (non-hydrogen) atoms. The molecule has 1 aromatic rings. The molecule has 0 aromatic heterocycles. The number of hydrogen-bond acceptors (Lipinski definition) is 3. The summed E-state index contributed by atoms with van der Waals surface area (Å²) in [4.78, 5) is 26.3. The molecule has 0 aliphatic carbocycles. The van der Waals surface area contributed by atoms with Gasteiger partial charge in [-0.2, -0.15) is 0 Å². The molecule has 0 saturated heterocycles. The summed E-state index contributed by atoms with van der Waals surface area (Å²) in [6.07, 6.45) is 0. The van der Waals surface area contributed by atoms with Crippen molar-refractivity contribution in [3.63, 3.8) is 0 Å². The first-order chi connectivity index (χ1) is 7.50. The maximum Gasteiger partial charge on any atom is 0.274 e. The smallest absolute Gasteiger partial charge is 0.274 e. The van der Waals surface area contributed by atoms with Crippen molar-refractivity contribution in [1.29, 1.82) is 0 Å². The van der Waals surface area contributed by atoms with Crippen LogP contribution in [0.1, 0.15) is 10.4 Å². The van der Waals surface area contributed by atoms with Gasteiger partial charge >= 0.3 is 0 Å². The van der Waals surface area contributed by atoms with Crippen molar-refractivity contribution in [2.45, 2.75) is 0 Å². The number of primary amides is 1. The van der Waals surface area contributed by atoms with E-state index in [-0.39, 0.29) is 10.6 Å². The summed E-state index contributed by atoms with van der Waals surface area (Å²) in [5.74, 6) is -1.23. The summed E-state index contributed by atoms with van der Waals surface area (Å²) in [6.45, 7) is -0.396. The summed E-state index contributed by atoms with van der Waals surface area (Å²) < 4.78 is 0. The molecule has 0 unspecified atom stereocenters. The minimum absolute atomic E-state index is 0.254. The van der Waals surface area contributed by atoms with Crippen LogP contribution < -0.4 is 11.2 Å². The maximum atomic E-state index is 11.4. The van der Waals surface area contributed by atoms with Crippen LogP contribution in [-0.4, -0.2) is 18.4 Å². The van der Waals surface area contributed by atoms with Crippen LogP contribution in [0.15, 0.2) is 18.2 Å². The fraction of sp³-hybridized carbons (Fsp3) is 0.111. The lowest BCUT2D eigenvalue weighted by Crippen LogP contribution is -2.29. The molecule has 0 saturated carbocycles. The number of halogens is 2. The first kappa shape index (κ1) is 12.8. The molecule has 5 nitrogen and oxygen atoms in total. The van der Waals surface area contributed by atoms with Crippen LogP contribution in [0.5, 0.6) is 0 Å². The number of carbonyl (C=O) groups is 2. The Morgan fingerprint density at radius 1 is 1.31 bits per heavy atom. The lowest BCUT2D eigenvalue weighted by Gasteiger charge is -2.04. The lowest BCUT2D eigenvalue weighted by molar-refractivity contribution is -0.124. The van der Waals surface area contributed by atoms with Crippen LogP contribution in [0.2, 0.25) is 10.0 Å². The van der Waals surface area contributed by atoms with Crippen LogP contribution in [0.4, 0.5) is 0 Å². The Morgan fingerprint density at radius 2 is 2.00 bits per heavy atom. The average Bonchev–Trinajstić information content (AvgIpc) is 2.21. The quantitative estimate of drug-likeness (QED) is 0.799. The van der Waals surface area contributed by atoms with Gasteiger partial charge in [-0.25, -0.2) is 5.48 Å². The minimum atomic E-state index is -0.686. The minimum Gasteiger partial charge on any atom is -0.368 e. The van der Waals surface area contributed by atoms with Gasteiger partial charge in [0.1, 0.15) is 0 Å². The topological polar surface area (TPSA) is 81.4 Å². The van der Waals surface area contributed by atoms with E-state index in [0.29, 0.717) is 5.02 Å². The molecule has 0 aliphatic rings.